The zero-order chi connectivity index (χ0) is 14.0. The monoisotopic (exact) mass is 319 g/mol. The van der Waals surface area contributed by atoms with Crippen LogP contribution in [0.4, 0.5) is 5.69 Å². The fourth-order valence-corrected chi connectivity index (χ4v) is 2.80. The molecule has 1 aromatic rings. The van der Waals surface area contributed by atoms with Gasteiger partial charge in [-0.25, -0.2) is 0 Å². The number of ketones is 1. The van der Waals surface area contributed by atoms with E-state index in [0.29, 0.717) is 0 Å². The number of hydrogen-bond donors (Lipinski definition) is 0. The van der Waals surface area contributed by atoms with Crippen molar-refractivity contribution in [1.29, 1.82) is 0 Å². The van der Waals surface area contributed by atoms with Crippen molar-refractivity contribution in [3.05, 3.63) is 52.3 Å². The van der Waals surface area contributed by atoms with Gasteiger partial charge in [-0.3, -0.25) is 4.79 Å². The lowest BCUT2D eigenvalue weighted by Crippen LogP contribution is -2.25. The molecule has 2 rings (SSSR count). The third-order valence-electron chi connectivity index (χ3n) is 3.51. The standard InChI is InChI=1S/C16H18BrNO/c1-4-13-9-10-18(11(2)16(13)12(3)19)15-7-5-14(17)6-8-15/h5-10,13H,4H2,1-3H3/t13-/m1/s1. The van der Waals surface area contributed by atoms with E-state index in [9.17, 15) is 4.79 Å². The average Bonchev–Trinajstić information content (AvgIpc) is 2.39. The molecule has 0 radical (unpaired) electrons. The molecule has 1 aliphatic heterocycles. The van der Waals surface area contributed by atoms with Crippen LogP contribution < -0.4 is 4.90 Å². The van der Waals surface area contributed by atoms with Crippen molar-refractivity contribution in [2.45, 2.75) is 27.2 Å². The van der Waals surface area contributed by atoms with Crippen LogP contribution in [-0.4, -0.2) is 5.78 Å². The summed E-state index contributed by atoms with van der Waals surface area (Å²) in [7, 11) is 0. The Bertz CT molecular complexity index is 542. The first-order valence-electron chi connectivity index (χ1n) is 6.49. The van der Waals surface area contributed by atoms with E-state index in [1.165, 1.54) is 0 Å². The van der Waals surface area contributed by atoms with E-state index < -0.39 is 0 Å². The Kier molecular flexibility index (Phi) is 4.25. The first-order chi connectivity index (χ1) is 9.04. The Balaban J connectivity index is 2.43. The highest BCUT2D eigenvalue weighted by Crippen LogP contribution is 2.32. The summed E-state index contributed by atoms with van der Waals surface area (Å²) < 4.78 is 1.05. The van der Waals surface area contributed by atoms with Crippen molar-refractivity contribution in [1.82, 2.24) is 0 Å². The van der Waals surface area contributed by atoms with Crippen LogP contribution in [0, 0.1) is 5.92 Å². The molecule has 0 fully saturated rings. The smallest absolute Gasteiger partial charge is 0.158 e. The van der Waals surface area contributed by atoms with Crippen LogP contribution >= 0.6 is 15.9 Å². The number of allylic oxidation sites excluding steroid dienone is 3. The normalized spacial score (nSPS) is 18.9. The molecule has 3 heteroatoms. The Morgan fingerprint density at radius 3 is 2.47 bits per heavy atom. The lowest BCUT2D eigenvalue weighted by molar-refractivity contribution is -0.114. The average molecular weight is 320 g/mol. The Hall–Kier alpha value is -1.35. The summed E-state index contributed by atoms with van der Waals surface area (Å²) in [6.07, 6.45) is 5.14. The maximum absolute atomic E-state index is 11.9. The summed E-state index contributed by atoms with van der Waals surface area (Å²) in [5.41, 5.74) is 3.03. The van der Waals surface area contributed by atoms with E-state index in [-0.39, 0.29) is 11.7 Å². The third-order valence-corrected chi connectivity index (χ3v) is 4.04. The molecule has 0 aromatic heterocycles. The van der Waals surface area contributed by atoms with Gasteiger partial charge in [-0.15, -0.1) is 0 Å². The quantitative estimate of drug-likeness (QED) is 0.806. The number of anilines is 1. The second-order valence-electron chi connectivity index (χ2n) is 4.76. The second kappa shape index (κ2) is 5.74. The molecule has 1 atom stereocenters. The molecule has 1 aromatic carbocycles. The summed E-state index contributed by atoms with van der Waals surface area (Å²) in [5, 5.41) is 0. The highest BCUT2D eigenvalue weighted by atomic mass is 79.9. The molecule has 1 aliphatic rings. The molecular formula is C16H18BrNO. The number of Topliss-reactive ketones (excluding diaryl/α,β-unsaturated/α-hetero) is 1. The molecule has 0 amide bonds. The van der Waals surface area contributed by atoms with Gasteiger partial charge < -0.3 is 4.90 Å². The third kappa shape index (κ3) is 2.81. The zero-order valence-electron chi connectivity index (χ0n) is 11.5. The fourth-order valence-electron chi connectivity index (χ4n) is 2.53. The minimum Gasteiger partial charge on any atom is -0.321 e. The lowest BCUT2D eigenvalue weighted by atomic mass is 9.89. The van der Waals surface area contributed by atoms with E-state index in [1.54, 1.807) is 6.92 Å². The van der Waals surface area contributed by atoms with Crippen molar-refractivity contribution < 1.29 is 4.79 Å². The number of halogens is 1. The molecule has 0 bridgehead atoms. The van der Waals surface area contributed by atoms with Crippen molar-refractivity contribution in [2.24, 2.45) is 5.92 Å². The number of benzene rings is 1. The van der Waals surface area contributed by atoms with Crippen LogP contribution in [0.5, 0.6) is 0 Å². The van der Waals surface area contributed by atoms with Crippen LogP contribution in [0.1, 0.15) is 27.2 Å². The SMILES string of the molecule is CC[C@@H]1C=CN(c2ccc(Br)cc2)C(C)=C1C(C)=O. The molecule has 0 N–H and O–H groups in total. The number of carbonyl (C=O) groups is 1. The molecule has 0 saturated heterocycles. The molecule has 1 heterocycles. The van der Waals surface area contributed by atoms with Crippen molar-refractivity contribution >= 4 is 27.4 Å². The van der Waals surface area contributed by atoms with Gasteiger partial charge >= 0.3 is 0 Å². The molecule has 0 unspecified atom stereocenters. The van der Waals surface area contributed by atoms with Gasteiger partial charge in [0.15, 0.2) is 5.78 Å². The predicted octanol–water partition coefficient (Wildman–Crippen LogP) is 4.67. The molecule has 100 valence electrons. The van der Waals surface area contributed by atoms with Gasteiger partial charge in [0.25, 0.3) is 0 Å². The van der Waals surface area contributed by atoms with Crippen LogP contribution in [-0.2, 0) is 4.79 Å². The minimum absolute atomic E-state index is 0.163. The fraction of sp³-hybridized carbons (Fsp3) is 0.312. The largest absolute Gasteiger partial charge is 0.321 e. The van der Waals surface area contributed by atoms with E-state index in [4.69, 9.17) is 0 Å². The van der Waals surface area contributed by atoms with E-state index in [1.807, 2.05) is 31.2 Å². The highest BCUT2D eigenvalue weighted by molar-refractivity contribution is 9.10. The van der Waals surface area contributed by atoms with E-state index >= 15 is 0 Å². The van der Waals surface area contributed by atoms with Gasteiger partial charge in [0.2, 0.25) is 0 Å². The second-order valence-corrected chi connectivity index (χ2v) is 5.67. The maximum Gasteiger partial charge on any atom is 0.158 e. The topological polar surface area (TPSA) is 20.3 Å². The summed E-state index contributed by atoms with van der Waals surface area (Å²) in [6.45, 7) is 5.78. The molecule has 0 spiro atoms. The lowest BCUT2D eigenvalue weighted by Gasteiger charge is -2.30. The van der Waals surface area contributed by atoms with Crippen LogP contribution in [0.15, 0.2) is 52.3 Å². The van der Waals surface area contributed by atoms with Gasteiger partial charge in [-0.05, 0) is 44.5 Å². The minimum atomic E-state index is 0.163. The summed E-state index contributed by atoms with van der Waals surface area (Å²) >= 11 is 3.44. The van der Waals surface area contributed by atoms with Crippen molar-refractivity contribution in [3.8, 4) is 0 Å². The van der Waals surface area contributed by atoms with Crippen molar-refractivity contribution in [2.75, 3.05) is 4.90 Å². The number of carbonyl (C=O) groups excluding carboxylic acids is 1. The first-order valence-corrected chi connectivity index (χ1v) is 7.28. The Morgan fingerprint density at radius 1 is 1.32 bits per heavy atom. The molecule has 0 saturated carbocycles. The first kappa shape index (κ1) is 14.1. The summed E-state index contributed by atoms with van der Waals surface area (Å²) in [4.78, 5) is 14.0. The number of rotatable bonds is 3. The van der Waals surface area contributed by atoms with Gasteiger partial charge in [0.1, 0.15) is 0 Å². The van der Waals surface area contributed by atoms with E-state index in [0.717, 1.165) is 27.9 Å². The van der Waals surface area contributed by atoms with Gasteiger partial charge in [0.05, 0.1) is 0 Å². The number of hydrogen-bond acceptors (Lipinski definition) is 2. The Morgan fingerprint density at radius 2 is 1.95 bits per heavy atom. The van der Waals surface area contributed by atoms with Crippen LogP contribution in [0.25, 0.3) is 0 Å². The van der Waals surface area contributed by atoms with Crippen LogP contribution in [0.3, 0.4) is 0 Å². The highest BCUT2D eigenvalue weighted by Gasteiger charge is 2.24. The Labute approximate surface area is 122 Å². The molecular weight excluding hydrogens is 302 g/mol. The van der Waals surface area contributed by atoms with Gasteiger partial charge in [-0.1, -0.05) is 28.9 Å². The predicted molar refractivity (Wildman–Crippen MR) is 82.9 cm³/mol. The van der Waals surface area contributed by atoms with Gasteiger partial charge in [-0.2, -0.15) is 0 Å². The van der Waals surface area contributed by atoms with Gasteiger partial charge in [0, 0.05) is 33.5 Å². The summed E-state index contributed by atoms with van der Waals surface area (Å²) in [5.74, 6) is 0.403. The van der Waals surface area contributed by atoms with E-state index in [2.05, 4.69) is 40.0 Å². The number of nitrogens with zero attached hydrogens (tertiary/aromatic N) is 1. The molecule has 2 nitrogen and oxygen atoms in total. The molecule has 0 aliphatic carbocycles. The maximum atomic E-state index is 11.9. The van der Waals surface area contributed by atoms with Crippen molar-refractivity contribution in [3.63, 3.8) is 0 Å². The molecule has 19 heavy (non-hydrogen) atoms. The summed E-state index contributed by atoms with van der Waals surface area (Å²) in [6, 6.07) is 8.11. The van der Waals surface area contributed by atoms with Crippen LogP contribution in [0.2, 0.25) is 0 Å². The zero-order valence-corrected chi connectivity index (χ0v) is 13.1.